The number of pyridine rings is 1. The van der Waals surface area contributed by atoms with Gasteiger partial charge in [-0.25, -0.2) is 10.8 Å². The Kier molecular flexibility index (Phi) is 4.35. The van der Waals surface area contributed by atoms with Gasteiger partial charge in [0, 0.05) is 11.1 Å². The van der Waals surface area contributed by atoms with Crippen LogP contribution in [-0.2, 0) is 6.18 Å². The highest BCUT2D eigenvalue weighted by atomic mass is 32.2. The van der Waals surface area contributed by atoms with E-state index in [2.05, 4.69) is 4.98 Å². The van der Waals surface area contributed by atoms with Gasteiger partial charge in [0.25, 0.3) is 5.91 Å². The van der Waals surface area contributed by atoms with Crippen LogP contribution >= 0.6 is 11.8 Å². The number of hydrogen-bond donors (Lipinski definition) is 2. The van der Waals surface area contributed by atoms with Crippen molar-refractivity contribution in [3.05, 3.63) is 23.5 Å². The van der Waals surface area contributed by atoms with Crippen LogP contribution in [0.4, 0.5) is 13.2 Å². The zero-order chi connectivity index (χ0) is 13.1. The molecule has 1 heterocycles. The Hall–Kier alpha value is -1.28. The van der Waals surface area contributed by atoms with Crippen molar-refractivity contribution in [3.8, 4) is 0 Å². The predicted octanol–water partition coefficient (Wildman–Crippen LogP) is 1.82. The third-order valence-electron chi connectivity index (χ3n) is 1.83. The van der Waals surface area contributed by atoms with Gasteiger partial charge < -0.3 is 0 Å². The number of carbonyl (C=O) groups is 1. The van der Waals surface area contributed by atoms with Gasteiger partial charge in [-0.3, -0.25) is 10.2 Å². The van der Waals surface area contributed by atoms with E-state index in [-0.39, 0.29) is 10.6 Å². The molecule has 3 N–H and O–H groups in total. The molecule has 0 saturated carbocycles. The number of nitrogens with two attached hydrogens (primary N) is 1. The summed E-state index contributed by atoms with van der Waals surface area (Å²) >= 11 is 1.10. The van der Waals surface area contributed by atoms with E-state index >= 15 is 0 Å². The second-order valence-corrected chi connectivity index (χ2v) is 4.28. The van der Waals surface area contributed by atoms with Gasteiger partial charge in [0.2, 0.25) is 0 Å². The van der Waals surface area contributed by atoms with Crippen LogP contribution in [0.25, 0.3) is 0 Å². The second-order valence-electron chi connectivity index (χ2n) is 2.97. The largest absolute Gasteiger partial charge is 0.417 e. The molecule has 0 aliphatic heterocycles. The minimum Gasteiger partial charge on any atom is -0.289 e. The number of aromatic nitrogens is 1. The van der Waals surface area contributed by atoms with Crippen molar-refractivity contribution in [2.45, 2.75) is 18.0 Å². The first-order chi connectivity index (χ1) is 7.90. The monoisotopic (exact) mass is 265 g/mol. The van der Waals surface area contributed by atoms with Crippen molar-refractivity contribution in [2.24, 2.45) is 5.84 Å². The number of carbonyl (C=O) groups excluding carboxylic acids is 1. The van der Waals surface area contributed by atoms with Gasteiger partial charge in [-0.05, 0) is 11.8 Å². The number of amides is 1. The quantitative estimate of drug-likeness (QED) is 0.378. The maximum atomic E-state index is 12.4. The fourth-order valence-electron chi connectivity index (χ4n) is 1.10. The van der Waals surface area contributed by atoms with Gasteiger partial charge in [0.1, 0.15) is 5.69 Å². The number of thioether (sulfide) groups is 1. The first-order valence-corrected chi connectivity index (χ1v) is 5.59. The van der Waals surface area contributed by atoms with E-state index in [1.165, 1.54) is 0 Å². The first-order valence-electron chi connectivity index (χ1n) is 4.61. The molecular formula is C9H10F3N3OS. The van der Waals surface area contributed by atoms with Crippen LogP contribution in [0.15, 0.2) is 17.2 Å². The lowest BCUT2D eigenvalue weighted by Gasteiger charge is -2.10. The average molecular weight is 265 g/mol. The van der Waals surface area contributed by atoms with Gasteiger partial charge >= 0.3 is 6.18 Å². The van der Waals surface area contributed by atoms with E-state index in [1.54, 1.807) is 6.92 Å². The summed E-state index contributed by atoms with van der Waals surface area (Å²) in [5.41, 5.74) is 0.851. The fourth-order valence-corrected chi connectivity index (χ4v) is 1.91. The van der Waals surface area contributed by atoms with Crippen molar-refractivity contribution in [2.75, 3.05) is 5.75 Å². The summed E-state index contributed by atoms with van der Waals surface area (Å²) in [6.07, 6.45) is -3.86. The molecule has 1 aromatic rings. The Bertz CT molecular complexity index is 422. The highest BCUT2D eigenvalue weighted by Gasteiger charge is 2.32. The van der Waals surface area contributed by atoms with Crippen LogP contribution in [0.3, 0.4) is 0 Å². The lowest BCUT2D eigenvalue weighted by molar-refractivity contribution is -0.138. The summed E-state index contributed by atoms with van der Waals surface area (Å²) in [6.45, 7) is 1.76. The van der Waals surface area contributed by atoms with Gasteiger partial charge in [-0.1, -0.05) is 6.92 Å². The summed E-state index contributed by atoms with van der Waals surface area (Å²) in [5.74, 6) is 4.73. The second kappa shape index (κ2) is 5.37. The van der Waals surface area contributed by atoms with Crippen LogP contribution in [0.2, 0.25) is 0 Å². The van der Waals surface area contributed by atoms with Gasteiger partial charge in [-0.15, -0.1) is 11.8 Å². The number of halogens is 3. The summed E-state index contributed by atoms with van der Waals surface area (Å²) in [5, 5.41) is 0. The number of hydrogen-bond acceptors (Lipinski definition) is 4. The molecule has 0 unspecified atom stereocenters. The molecular weight excluding hydrogens is 255 g/mol. The highest BCUT2D eigenvalue weighted by molar-refractivity contribution is 7.99. The molecule has 0 fully saturated rings. The van der Waals surface area contributed by atoms with E-state index in [0.717, 1.165) is 17.8 Å². The van der Waals surface area contributed by atoms with E-state index in [4.69, 9.17) is 5.84 Å². The molecule has 0 saturated heterocycles. The minimum atomic E-state index is -4.48. The van der Waals surface area contributed by atoms with Crippen molar-refractivity contribution >= 4 is 17.7 Å². The molecule has 94 valence electrons. The Morgan fingerprint density at radius 1 is 1.59 bits per heavy atom. The Balaban J connectivity index is 3.21. The maximum absolute atomic E-state index is 12.4. The average Bonchev–Trinajstić information content (AvgIpc) is 2.27. The van der Waals surface area contributed by atoms with Crippen LogP contribution in [0.5, 0.6) is 0 Å². The molecule has 0 radical (unpaired) electrons. The van der Waals surface area contributed by atoms with Crippen LogP contribution in [0, 0.1) is 0 Å². The normalized spacial score (nSPS) is 11.4. The standard InChI is InChI=1S/C9H10F3N3OS/c1-2-17-6-3-5(9(10,11)12)4-14-7(6)8(16)15-13/h3-4H,2,13H2,1H3,(H,15,16). The molecule has 0 aliphatic rings. The number of nitrogen functional groups attached to an aromatic ring is 1. The van der Waals surface area contributed by atoms with Crippen LogP contribution < -0.4 is 11.3 Å². The molecule has 0 aliphatic carbocycles. The topological polar surface area (TPSA) is 68.0 Å². The molecule has 1 rings (SSSR count). The summed E-state index contributed by atoms with van der Waals surface area (Å²) < 4.78 is 37.3. The van der Waals surface area contributed by atoms with Crippen molar-refractivity contribution in [3.63, 3.8) is 0 Å². The molecule has 4 nitrogen and oxygen atoms in total. The molecule has 0 spiro atoms. The van der Waals surface area contributed by atoms with Gasteiger partial charge in [0.15, 0.2) is 0 Å². The van der Waals surface area contributed by atoms with Crippen LogP contribution in [-0.4, -0.2) is 16.6 Å². The number of alkyl halides is 3. The van der Waals surface area contributed by atoms with Crippen molar-refractivity contribution in [1.29, 1.82) is 0 Å². The lowest BCUT2D eigenvalue weighted by Crippen LogP contribution is -2.31. The Morgan fingerprint density at radius 2 is 2.24 bits per heavy atom. The van der Waals surface area contributed by atoms with Gasteiger partial charge in [-0.2, -0.15) is 13.2 Å². The Morgan fingerprint density at radius 3 is 2.71 bits per heavy atom. The number of nitrogens with one attached hydrogen (secondary N) is 1. The number of rotatable bonds is 3. The zero-order valence-electron chi connectivity index (χ0n) is 8.84. The van der Waals surface area contributed by atoms with Crippen molar-refractivity contribution in [1.82, 2.24) is 10.4 Å². The lowest BCUT2D eigenvalue weighted by atomic mass is 10.2. The molecule has 1 aromatic heterocycles. The van der Waals surface area contributed by atoms with E-state index in [0.29, 0.717) is 11.9 Å². The zero-order valence-corrected chi connectivity index (χ0v) is 9.65. The number of nitrogens with zero attached hydrogens (tertiary/aromatic N) is 1. The molecule has 1 amide bonds. The van der Waals surface area contributed by atoms with Crippen LogP contribution in [0.1, 0.15) is 23.0 Å². The highest BCUT2D eigenvalue weighted by Crippen LogP contribution is 2.32. The maximum Gasteiger partial charge on any atom is 0.417 e. The minimum absolute atomic E-state index is 0.104. The molecule has 8 heteroatoms. The molecule has 0 aromatic carbocycles. The third-order valence-corrected chi connectivity index (χ3v) is 2.74. The third kappa shape index (κ3) is 3.34. The summed E-state index contributed by atoms with van der Waals surface area (Å²) in [6, 6.07) is 0.895. The van der Waals surface area contributed by atoms with E-state index < -0.39 is 17.6 Å². The van der Waals surface area contributed by atoms with Gasteiger partial charge in [0.05, 0.1) is 5.56 Å². The van der Waals surface area contributed by atoms with E-state index in [9.17, 15) is 18.0 Å². The molecule has 0 bridgehead atoms. The fraction of sp³-hybridized carbons (Fsp3) is 0.333. The van der Waals surface area contributed by atoms with Crippen molar-refractivity contribution < 1.29 is 18.0 Å². The first kappa shape index (κ1) is 13.8. The summed E-state index contributed by atoms with van der Waals surface area (Å²) in [4.78, 5) is 14.9. The Labute approximate surface area is 99.8 Å². The summed E-state index contributed by atoms with van der Waals surface area (Å²) in [7, 11) is 0. The number of hydrazine groups is 1. The van der Waals surface area contributed by atoms with E-state index in [1.807, 2.05) is 5.43 Å². The SMILES string of the molecule is CCSc1cc(C(F)(F)F)cnc1C(=O)NN. The smallest absolute Gasteiger partial charge is 0.289 e. The molecule has 17 heavy (non-hydrogen) atoms. The predicted molar refractivity (Wildman–Crippen MR) is 57.3 cm³/mol. The molecule has 0 atom stereocenters.